The molecule has 0 heterocycles. The molecule has 0 aromatic heterocycles. The summed E-state index contributed by atoms with van der Waals surface area (Å²) >= 11 is 0. The van der Waals surface area contributed by atoms with Gasteiger partial charge in [0.25, 0.3) is 0 Å². The Morgan fingerprint density at radius 1 is 1.35 bits per heavy atom. The van der Waals surface area contributed by atoms with Gasteiger partial charge in [-0.2, -0.15) is 0 Å². The fourth-order valence-electron chi connectivity index (χ4n) is 2.18. The molecule has 2 rings (SSSR count). The first-order valence-electron chi connectivity index (χ1n) is 6.95. The molecule has 0 bridgehead atoms. The van der Waals surface area contributed by atoms with Gasteiger partial charge in [0.2, 0.25) is 0 Å². The average molecular weight is 278 g/mol. The maximum atomic E-state index is 11.0. The summed E-state index contributed by atoms with van der Waals surface area (Å²) in [6, 6.07) is 5.66. The summed E-state index contributed by atoms with van der Waals surface area (Å²) in [6.07, 6.45) is 2.54. The Bertz CT molecular complexity index is 489. The molecule has 1 aromatic carbocycles. The van der Waals surface area contributed by atoms with E-state index in [1.165, 1.54) is 12.8 Å². The van der Waals surface area contributed by atoms with Crippen molar-refractivity contribution in [1.29, 1.82) is 0 Å². The Morgan fingerprint density at radius 2 is 2.05 bits per heavy atom. The molecule has 0 atom stereocenters. The van der Waals surface area contributed by atoms with Crippen LogP contribution in [0.4, 0.5) is 0 Å². The normalized spacial score (nSPS) is 14.9. The molecule has 1 fully saturated rings. The first kappa shape index (κ1) is 14.7. The molecular weight excluding hydrogens is 256 g/mol. The third kappa shape index (κ3) is 3.65. The van der Waals surface area contributed by atoms with Crippen molar-refractivity contribution in [1.82, 2.24) is 0 Å². The van der Waals surface area contributed by atoms with Gasteiger partial charge in [-0.3, -0.25) is 4.79 Å². The molecule has 4 nitrogen and oxygen atoms in total. The van der Waals surface area contributed by atoms with E-state index in [-0.39, 0.29) is 6.42 Å². The Kier molecular flexibility index (Phi) is 4.21. The lowest BCUT2D eigenvalue weighted by molar-refractivity contribution is -0.138. The molecule has 1 aromatic rings. The summed E-state index contributed by atoms with van der Waals surface area (Å²) in [5.74, 6) is 1.26. The quantitative estimate of drug-likeness (QED) is 0.832. The van der Waals surface area contributed by atoms with Gasteiger partial charge >= 0.3 is 5.97 Å². The Hall–Kier alpha value is -1.71. The summed E-state index contributed by atoms with van der Waals surface area (Å²) < 4.78 is 11.1. The largest absolute Gasteiger partial charge is 0.493 e. The molecule has 1 N–H and O–H groups in total. The van der Waals surface area contributed by atoms with Crippen LogP contribution < -0.4 is 9.47 Å². The van der Waals surface area contributed by atoms with Crippen LogP contribution in [0.3, 0.4) is 0 Å². The van der Waals surface area contributed by atoms with E-state index in [1.54, 1.807) is 7.11 Å². The number of hydrogen-bond acceptors (Lipinski definition) is 3. The van der Waals surface area contributed by atoms with Gasteiger partial charge in [-0.25, -0.2) is 0 Å². The summed E-state index contributed by atoms with van der Waals surface area (Å²) in [7, 11) is 1.61. The van der Waals surface area contributed by atoms with Crippen LogP contribution in [0, 0.1) is 5.92 Å². The number of benzene rings is 1. The molecule has 0 aliphatic heterocycles. The van der Waals surface area contributed by atoms with Crippen LogP contribution in [0.1, 0.15) is 38.7 Å². The number of rotatable bonds is 7. The summed E-state index contributed by atoms with van der Waals surface area (Å²) in [5, 5.41) is 9.01. The highest BCUT2D eigenvalue weighted by Gasteiger charge is 2.26. The molecule has 1 aliphatic carbocycles. The molecule has 0 spiro atoms. The molecule has 110 valence electrons. The predicted molar refractivity (Wildman–Crippen MR) is 76.5 cm³/mol. The van der Waals surface area contributed by atoms with Crippen molar-refractivity contribution in [2.75, 3.05) is 13.7 Å². The molecule has 0 unspecified atom stereocenters. The zero-order chi connectivity index (χ0) is 14.8. The second kappa shape index (κ2) is 5.73. The van der Waals surface area contributed by atoms with Gasteiger partial charge in [0.1, 0.15) is 0 Å². The summed E-state index contributed by atoms with van der Waals surface area (Å²) in [4.78, 5) is 11.0. The highest BCUT2D eigenvalue weighted by Crippen LogP contribution is 2.37. The van der Waals surface area contributed by atoms with Crippen molar-refractivity contribution in [2.45, 2.75) is 38.5 Å². The van der Waals surface area contributed by atoms with Gasteiger partial charge in [0.05, 0.1) is 20.1 Å². The SMILES string of the molecule is COc1ccc(C(C)(C)CC(=O)O)cc1OCC1CC1. The number of carboxylic acids is 1. The molecular formula is C16H22O4. The Labute approximate surface area is 119 Å². The Balaban J connectivity index is 2.20. The van der Waals surface area contributed by atoms with E-state index in [4.69, 9.17) is 14.6 Å². The maximum Gasteiger partial charge on any atom is 0.304 e. The highest BCUT2D eigenvalue weighted by atomic mass is 16.5. The lowest BCUT2D eigenvalue weighted by Gasteiger charge is -2.24. The van der Waals surface area contributed by atoms with E-state index in [2.05, 4.69) is 0 Å². The standard InChI is InChI=1S/C16H22O4/c1-16(2,9-15(17)18)12-6-7-13(19-3)14(8-12)20-10-11-4-5-11/h6-8,11H,4-5,9-10H2,1-3H3,(H,17,18). The topological polar surface area (TPSA) is 55.8 Å². The first-order valence-corrected chi connectivity index (χ1v) is 6.95. The van der Waals surface area contributed by atoms with Crippen LogP contribution in [-0.4, -0.2) is 24.8 Å². The lowest BCUT2D eigenvalue weighted by Crippen LogP contribution is -2.21. The summed E-state index contributed by atoms with van der Waals surface area (Å²) in [5.41, 5.74) is 0.516. The fourth-order valence-corrected chi connectivity index (χ4v) is 2.18. The predicted octanol–water partition coefficient (Wildman–Crippen LogP) is 3.24. The number of aliphatic carboxylic acids is 1. The van der Waals surface area contributed by atoms with Crippen molar-refractivity contribution in [3.63, 3.8) is 0 Å². The van der Waals surface area contributed by atoms with Crippen LogP contribution in [0.2, 0.25) is 0 Å². The average Bonchev–Trinajstić information content (AvgIpc) is 3.18. The van der Waals surface area contributed by atoms with E-state index in [0.717, 1.165) is 5.56 Å². The van der Waals surface area contributed by atoms with Crippen LogP contribution in [-0.2, 0) is 10.2 Å². The number of ether oxygens (including phenoxy) is 2. The molecule has 4 heteroatoms. The van der Waals surface area contributed by atoms with E-state index >= 15 is 0 Å². The van der Waals surface area contributed by atoms with Gasteiger partial charge in [-0.05, 0) is 36.5 Å². The minimum atomic E-state index is -0.800. The second-order valence-electron chi connectivity index (χ2n) is 6.07. The van der Waals surface area contributed by atoms with Crippen LogP contribution in [0.15, 0.2) is 18.2 Å². The molecule has 1 saturated carbocycles. The number of carbonyl (C=O) groups is 1. The molecule has 20 heavy (non-hydrogen) atoms. The van der Waals surface area contributed by atoms with Gasteiger partial charge in [-0.1, -0.05) is 19.9 Å². The van der Waals surface area contributed by atoms with E-state index in [1.807, 2.05) is 32.0 Å². The third-order valence-electron chi connectivity index (χ3n) is 3.71. The van der Waals surface area contributed by atoms with E-state index < -0.39 is 11.4 Å². The minimum absolute atomic E-state index is 0.0847. The van der Waals surface area contributed by atoms with Crippen molar-refractivity contribution < 1.29 is 19.4 Å². The number of methoxy groups -OCH3 is 1. The molecule has 1 aliphatic rings. The van der Waals surface area contributed by atoms with Crippen LogP contribution in [0.25, 0.3) is 0 Å². The van der Waals surface area contributed by atoms with Gasteiger partial charge in [-0.15, -0.1) is 0 Å². The van der Waals surface area contributed by atoms with Crippen LogP contribution >= 0.6 is 0 Å². The van der Waals surface area contributed by atoms with E-state index in [9.17, 15) is 4.79 Å². The number of carboxylic acid groups (broad SMARTS) is 1. The third-order valence-corrected chi connectivity index (χ3v) is 3.71. The van der Waals surface area contributed by atoms with E-state index in [0.29, 0.717) is 24.0 Å². The van der Waals surface area contributed by atoms with Gasteiger partial charge in [0, 0.05) is 5.41 Å². The fraction of sp³-hybridized carbons (Fsp3) is 0.562. The monoisotopic (exact) mass is 278 g/mol. The molecule has 0 radical (unpaired) electrons. The minimum Gasteiger partial charge on any atom is -0.493 e. The van der Waals surface area contributed by atoms with Gasteiger partial charge in [0.15, 0.2) is 11.5 Å². The lowest BCUT2D eigenvalue weighted by atomic mass is 9.81. The Morgan fingerprint density at radius 3 is 2.60 bits per heavy atom. The number of hydrogen-bond donors (Lipinski definition) is 1. The zero-order valence-corrected chi connectivity index (χ0v) is 12.3. The van der Waals surface area contributed by atoms with Crippen molar-refractivity contribution in [2.24, 2.45) is 5.92 Å². The maximum absolute atomic E-state index is 11.0. The van der Waals surface area contributed by atoms with Gasteiger partial charge < -0.3 is 14.6 Å². The first-order chi connectivity index (χ1) is 9.42. The molecule has 0 saturated heterocycles. The van der Waals surface area contributed by atoms with Crippen molar-refractivity contribution in [3.8, 4) is 11.5 Å². The molecule has 0 amide bonds. The summed E-state index contributed by atoms with van der Waals surface area (Å²) in [6.45, 7) is 4.56. The smallest absolute Gasteiger partial charge is 0.304 e. The zero-order valence-electron chi connectivity index (χ0n) is 12.3. The van der Waals surface area contributed by atoms with Crippen molar-refractivity contribution in [3.05, 3.63) is 23.8 Å². The highest BCUT2D eigenvalue weighted by molar-refractivity contribution is 5.69. The second-order valence-corrected chi connectivity index (χ2v) is 6.07. The van der Waals surface area contributed by atoms with Crippen molar-refractivity contribution >= 4 is 5.97 Å². The van der Waals surface area contributed by atoms with Crippen LogP contribution in [0.5, 0.6) is 11.5 Å².